The van der Waals surface area contributed by atoms with Crippen molar-refractivity contribution in [3.8, 4) is 5.75 Å². The zero-order valence-corrected chi connectivity index (χ0v) is 26.0. The summed E-state index contributed by atoms with van der Waals surface area (Å²) in [5, 5.41) is 30.8. The minimum Gasteiger partial charge on any atom is -0.477 e. The summed E-state index contributed by atoms with van der Waals surface area (Å²) < 4.78 is 57.2. The van der Waals surface area contributed by atoms with Crippen LogP contribution in [0.2, 0.25) is 0 Å². The van der Waals surface area contributed by atoms with Crippen LogP contribution in [0.3, 0.4) is 0 Å². The summed E-state index contributed by atoms with van der Waals surface area (Å²) in [6, 6.07) is 11.7. The van der Waals surface area contributed by atoms with Crippen LogP contribution < -0.4 is 21.3 Å². The predicted octanol–water partition coefficient (Wildman–Crippen LogP) is 3.01. The van der Waals surface area contributed by atoms with Crippen LogP contribution in [0, 0.1) is 23.3 Å². The van der Waals surface area contributed by atoms with E-state index in [2.05, 4.69) is 40.8 Å². The fraction of sp³-hybridized carbons (Fsp3) is 0.125. The summed E-state index contributed by atoms with van der Waals surface area (Å²) in [4.78, 5) is 55.5. The first kappa shape index (κ1) is 36.9. The third kappa shape index (κ3) is 11.6. The number of nitrogens with zero attached hydrogens (tertiary/aromatic N) is 3. The van der Waals surface area contributed by atoms with E-state index in [0.29, 0.717) is 41.8 Å². The van der Waals surface area contributed by atoms with Crippen LogP contribution in [0.4, 0.5) is 17.6 Å². The van der Waals surface area contributed by atoms with Crippen LogP contribution >= 0.6 is 0 Å². The Morgan fingerprint density at radius 2 is 1.20 bits per heavy atom. The fourth-order valence-electron chi connectivity index (χ4n) is 4.19. The normalized spacial score (nSPS) is 10.4. The van der Waals surface area contributed by atoms with E-state index in [1.165, 1.54) is 60.9 Å². The van der Waals surface area contributed by atoms with E-state index >= 15 is 0 Å². The monoisotopic (exact) mass is 710 g/mol. The minimum atomic E-state index is -0.984. The van der Waals surface area contributed by atoms with E-state index in [1.807, 2.05) is 0 Å². The van der Waals surface area contributed by atoms with Crippen molar-refractivity contribution in [3.63, 3.8) is 0 Å². The lowest BCUT2D eigenvalue weighted by Gasteiger charge is -2.05. The van der Waals surface area contributed by atoms with Crippen LogP contribution in [0.15, 0.2) is 87.4 Å². The lowest BCUT2D eigenvalue weighted by atomic mass is 10.1. The maximum absolute atomic E-state index is 13.2. The highest BCUT2D eigenvalue weighted by atomic mass is 19.1. The van der Waals surface area contributed by atoms with Gasteiger partial charge in [-0.05, 0) is 73.2 Å². The van der Waals surface area contributed by atoms with Gasteiger partial charge in [0.05, 0.1) is 5.69 Å². The second-order valence-electron chi connectivity index (χ2n) is 10.4. The molecule has 0 amide bonds. The second kappa shape index (κ2) is 17.5. The molecular weight excluding hydrogens is 684 g/mol. The van der Waals surface area contributed by atoms with Gasteiger partial charge in [-0.15, -0.1) is 0 Å². The molecule has 0 fully saturated rings. The summed E-state index contributed by atoms with van der Waals surface area (Å²) in [5.74, 6) is -4.60. The molecule has 4 aromatic heterocycles. The van der Waals surface area contributed by atoms with E-state index in [0.717, 1.165) is 12.1 Å². The average molecular weight is 711 g/mol. The number of carbonyl (C=O) groups is 2. The van der Waals surface area contributed by atoms with Gasteiger partial charge in [0.2, 0.25) is 5.43 Å². The number of esters is 1. The van der Waals surface area contributed by atoms with Gasteiger partial charge >= 0.3 is 23.1 Å². The number of aromatic carboxylic acids is 1. The standard InChI is InChI=1S/C16H12F2N4O3.C12H10F2N2O2.C4H4N2O2/c17-10-5-9(6-11(18)7-10)1-2-12-8-14(15(23)22-20-12)25-16(24)13-3-4-19-21-13;13-8-3-7(4-9(14)5-8)1-2-10-6-11(17)12(18)16-15-10;7-4(8)3-1-2-5-6-3/h3-8H,1-2H2,(H,19,21)(H,22,23);3-6H,1-2H2,(H,15,17)(H,16,18);1-2H,(H,5,6)(H,7,8). The van der Waals surface area contributed by atoms with E-state index < -0.39 is 51.8 Å². The van der Waals surface area contributed by atoms with Crippen molar-refractivity contribution < 1.29 is 37.0 Å². The van der Waals surface area contributed by atoms with Gasteiger partial charge in [-0.25, -0.2) is 32.2 Å². The van der Waals surface area contributed by atoms with Gasteiger partial charge < -0.3 is 14.9 Å². The van der Waals surface area contributed by atoms with Gasteiger partial charge in [-0.2, -0.15) is 15.3 Å². The topological polar surface area (TPSA) is 232 Å². The molecule has 0 aliphatic rings. The van der Waals surface area contributed by atoms with E-state index in [-0.39, 0.29) is 23.6 Å². The van der Waals surface area contributed by atoms with E-state index in [4.69, 9.17) is 9.84 Å². The Hall–Kier alpha value is -6.92. The first-order chi connectivity index (χ1) is 24.4. The molecule has 4 heterocycles. The number of ether oxygens (including phenoxy) is 1. The molecule has 2 aromatic carbocycles. The number of carboxylic acids is 1. The van der Waals surface area contributed by atoms with Crippen LogP contribution in [0.5, 0.6) is 5.75 Å². The van der Waals surface area contributed by atoms with Crippen molar-refractivity contribution in [2.75, 3.05) is 0 Å². The van der Waals surface area contributed by atoms with Crippen molar-refractivity contribution in [2.24, 2.45) is 0 Å². The Balaban J connectivity index is 0.000000194. The molecule has 0 aliphatic heterocycles. The van der Waals surface area contributed by atoms with Gasteiger partial charge in [-0.3, -0.25) is 29.7 Å². The van der Waals surface area contributed by atoms with Crippen molar-refractivity contribution >= 4 is 11.9 Å². The maximum Gasteiger partial charge on any atom is 0.361 e. The van der Waals surface area contributed by atoms with Crippen molar-refractivity contribution in [3.05, 3.63) is 161 Å². The zero-order chi connectivity index (χ0) is 36.9. The maximum atomic E-state index is 13.2. The van der Waals surface area contributed by atoms with E-state index in [1.54, 1.807) is 0 Å². The molecule has 0 saturated carbocycles. The average Bonchev–Trinajstić information content (AvgIpc) is 3.82. The molecule has 6 aromatic rings. The molecule has 0 saturated heterocycles. The Bertz CT molecular complexity index is 2230. The fourth-order valence-corrected chi connectivity index (χ4v) is 4.19. The number of hydrogen-bond donors (Lipinski definition) is 6. The van der Waals surface area contributed by atoms with Crippen LogP contribution in [-0.2, 0) is 25.7 Å². The molecule has 0 atom stereocenters. The Kier molecular flexibility index (Phi) is 12.6. The van der Waals surface area contributed by atoms with Crippen LogP contribution in [0.25, 0.3) is 0 Å². The SMILES string of the molecule is O=C(O)c1ccn[nH]1.O=C(Oc1cc(CCc2cc(F)cc(F)c2)n[nH]c1=O)c1ccn[nH]1.O=c1cc(CCc2cc(F)cc(F)c2)[nH][nH]c1=O. The summed E-state index contributed by atoms with van der Waals surface area (Å²) >= 11 is 0. The number of aryl methyl sites for hydroxylation is 4. The quantitative estimate of drug-likeness (QED) is 0.0729. The lowest BCUT2D eigenvalue weighted by molar-refractivity contribution is 0.0687. The number of H-pyrrole nitrogens is 5. The van der Waals surface area contributed by atoms with Crippen molar-refractivity contribution in [2.45, 2.75) is 25.7 Å². The van der Waals surface area contributed by atoms with Crippen LogP contribution in [0.1, 0.15) is 43.5 Å². The smallest absolute Gasteiger partial charge is 0.361 e. The van der Waals surface area contributed by atoms with E-state index in [9.17, 15) is 41.5 Å². The largest absolute Gasteiger partial charge is 0.477 e. The summed E-state index contributed by atoms with van der Waals surface area (Å²) in [5.41, 5.74) is -0.00172. The molecular formula is C32H26F4N8O7. The molecule has 15 nitrogen and oxygen atoms in total. The zero-order valence-electron chi connectivity index (χ0n) is 26.0. The number of hydrogen-bond acceptors (Lipinski definition) is 9. The molecule has 6 rings (SSSR count). The number of aromatic nitrogens is 8. The number of nitrogens with one attached hydrogen (secondary N) is 5. The Morgan fingerprint density at radius 3 is 1.69 bits per heavy atom. The third-order valence-corrected chi connectivity index (χ3v) is 6.54. The molecule has 0 radical (unpaired) electrons. The highest BCUT2D eigenvalue weighted by molar-refractivity contribution is 5.88. The summed E-state index contributed by atoms with van der Waals surface area (Å²) in [6.07, 6.45) is 4.07. The molecule has 0 spiro atoms. The third-order valence-electron chi connectivity index (χ3n) is 6.54. The van der Waals surface area contributed by atoms with Crippen molar-refractivity contribution in [1.82, 2.24) is 40.8 Å². The number of halogens is 4. The second-order valence-corrected chi connectivity index (χ2v) is 10.4. The first-order valence-corrected chi connectivity index (χ1v) is 14.6. The molecule has 264 valence electrons. The summed E-state index contributed by atoms with van der Waals surface area (Å²) in [6.45, 7) is 0. The predicted molar refractivity (Wildman–Crippen MR) is 169 cm³/mol. The molecule has 19 heteroatoms. The Labute approximate surface area is 282 Å². The molecule has 0 aliphatic carbocycles. The first-order valence-electron chi connectivity index (χ1n) is 14.6. The minimum absolute atomic E-state index is 0.0907. The number of carboxylic acid groups (broad SMARTS) is 1. The van der Waals surface area contributed by atoms with Gasteiger partial charge in [0, 0.05) is 42.4 Å². The highest BCUT2D eigenvalue weighted by Crippen LogP contribution is 2.13. The number of aromatic amines is 5. The molecule has 51 heavy (non-hydrogen) atoms. The number of benzene rings is 2. The molecule has 6 N–H and O–H groups in total. The van der Waals surface area contributed by atoms with Gasteiger partial charge in [0.1, 0.15) is 34.7 Å². The molecule has 0 bridgehead atoms. The molecule has 0 unspecified atom stereocenters. The van der Waals surface area contributed by atoms with Crippen molar-refractivity contribution in [1.29, 1.82) is 0 Å². The van der Waals surface area contributed by atoms with Gasteiger partial charge in [-0.1, -0.05) is 0 Å². The van der Waals surface area contributed by atoms with Gasteiger partial charge in [0.15, 0.2) is 5.75 Å². The number of carbonyl (C=O) groups excluding carboxylic acids is 1. The Morgan fingerprint density at radius 1 is 0.647 bits per heavy atom. The van der Waals surface area contributed by atoms with Gasteiger partial charge in [0.25, 0.3) is 0 Å². The lowest BCUT2D eigenvalue weighted by Crippen LogP contribution is -2.27. The summed E-state index contributed by atoms with van der Waals surface area (Å²) in [7, 11) is 0. The number of rotatable bonds is 9. The van der Waals surface area contributed by atoms with Crippen LogP contribution in [-0.4, -0.2) is 57.8 Å². The highest BCUT2D eigenvalue weighted by Gasteiger charge is 2.14.